The molecule has 0 spiro atoms. The van der Waals surface area contributed by atoms with Crippen LogP contribution < -0.4 is 10.2 Å². The summed E-state index contributed by atoms with van der Waals surface area (Å²) >= 11 is 0. The molecule has 4 nitrogen and oxygen atoms in total. The van der Waals surface area contributed by atoms with Crippen molar-refractivity contribution in [3.63, 3.8) is 0 Å². The Bertz CT molecular complexity index is 852. The lowest BCUT2D eigenvalue weighted by atomic mass is 10.2. The van der Waals surface area contributed by atoms with Crippen LogP contribution in [-0.2, 0) is 6.54 Å². The Morgan fingerprint density at radius 3 is 2.32 bits per heavy atom. The lowest BCUT2D eigenvalue weighted by Crippen LogP contribution is -2.22. The highest BCUT2D eigenvalue weighted by molar-refractivity contribution is 5.92. The van der Waals surface area contributed by atoms with Crippen LogP contribution in [0.25, 0.3) is 11.3 Å². The van der Waals surface area contributed by atoms with Gasteiger partial charge in [-0.1, -0.05) is 12.1 Å². The summed E-state index contributed by atoms with van der Waals surface area (Å²) in [6.07, 6.45) is 0. The summed E-state index contributed by atoms with van der Waals surface area (Å²) in [5, 5.41) is 2.83. The normalized spacial score (nSPS) is 10.5. The van der Waals surface area contributed by atoms with Crippen molar-refractivity contribution in [1.82, 2.24) is 5.32 Å². The molecular weight excluding hydrogens is 319 g/mol. The molecule has 0 radical (unpaired) electrons. The molecule has 0 saturated heterocycles. The maximum absolute atomic E-state index is 13.0. The van der Waals surface area contributed by atoms with Gasteiger partial charge in [0, 0.05) is 31.9 Å². The number of benzene rings is 2. The molecule has 0 aliphatic rings. The number of furan rings is 1. The number of carbonyl (C=O) groups is 1. The minimum absolute atomic E-state index is 0.226. The fraction of sp³-hybridized carbons (Fsp3) is 0.150. The molecule has 1 amide bonds. The van der Waals surface area contributed by atoms with Gasteiger partial charge in [0.25, 0.3) is 5.91 Å². The van der Waals surface area contributed by atoms with Crippen LogP contribution in [-0.4, -0.2) is 20.0 Å². The van der Waals surface area contributed by atoms with Crippen LogP contribution in [0.1, 0.15) is 16.1 Å². The number of nitrogens with zero attached hydrogens (tertiary/aromatic N) is 1. The average molecular weight is 338 g/mol. The number of halogens is 1. The minimum atomic E-state index is -0.312. The quantitative estimate of drug-likeness (QED) is 0.762. The molecule has 25 heavy (non-hydrogen) atoms. The van der Waals surface area contributed by atoms with E-state index in [-0.39, 0.29) is 17.5 Å². The van der Waals surface area contributed by atoms with Crippen molar-refractivity contribution in [2.24, 2.45) is 0 Å². The number of hydrogen-bond acceptors (Lipinski definition) is 3. The molecule has 0 bridgehead atoms. The third kappa shape index (κ3) is 4.07. The number of hydrogen-bond donors (Lipinski definition) is 1. The minimum Gasteiger partial charge on any atom is -0.451 e. The van der Waals surface area contributed by atoms with Gasteiger partial charge in [0.05, 0.1) is 0 Å². The summed E-state index contributed by atoms with van der Waals surface area (Å²) in [5.74, 6) is 0.156. The Balaban J connectivity index is 1.63. The van der Waals surface area contributed by atoms with Crippen molar-refractivity contribution in [2.75, 3.05) is 19.0 Å². The Hall–Kier alpha value is -3.08. The molecule has 1 N–H and O–H groups in total. The molecule has 0 fully saturated rings. The van der Waals surface area contributed by atoms with Gasteiger partial charge >= 0.3 is 0 Å². The SMILES string of the molecule is CN(C)c1ccc(CNC(=O)c2ccc(-c3ccc(F)cc3)o2)cc1. The molecule has 128 valence electrons. The van der Waals surface area contributed by atoms with Crippen LogP contribution in [0.5, 0.6) is 0 Å². The van der Waals surface area contributed by atoms with Gasteiger partial charge in [0.1, 0.15) is 11.6 Å². The standard InChI is InChI=1S/C20H19FN2O2/c1-23(2)17-9-3-14(4-10-17)13-22-20(24)19-12-11-18(25-19)15-5-7-16(21)8-6-15/h3-12H,13H2,1-2H3,(H,22,24). The fourth-order valence-electron chi connectivity index (χ4n) is 2.41. The second kappa shape index (κ2) is 7.21. The zero-order valence-electron chi connectivity index (χ0n) is 14.1. The lowest BCUT2D eigenvalue weighted by molar-refractivity contribution is 0.0924. The Morgan fingerprint density at radius 2 is 1.68 bits per heavy atom. The van der Waals surface area contributed by atoms with Gasteiger partial charge in [-0.3, -0.25) is 4.79 Å². The summed E-state index contributed by atoms with van der Waals surface area (Å²) in [7, 11) is 3.96. The van der Waals surface area contributed by atoms with E-state index < -0.39 is 0 Å². The number of carbonyl (C=O) groups excluding carboxylic acids is 1. The van der Waals surface area contributed by atoms with Crippen LogP contribution in [0.4, 0.5) is 10.1 Å². The molecule has 1 aromatic heterocycles. The van der Waals surface area contributed by atoms with Crippen molar-refractivity contribution < 1.29 is 13.6 Å². The molecule has 0 aliphatic heterocycles. The van der Waals surface area contributed by atoms with Crippen LogP contribution in [0.2, 0.25) is 0 Å². The third-order valence-electron chi connectivity index (χ3n) is 3.86. The highest BCUT2D eigenvalue weighted by Gasteiger charge is 2.12. The van der Waals surface area contributed by atoms with E-state index in [2.05, 4.69) is 5.32 Å². The van der Waals surface area contributed by atoms with E-state index in [9.17, 15) is 9.18 Å². The van der Waals surface area contributed by atoms with Gasteiger partial charge in [0.15, 0.2) is 5.76 Å². The Morgan fingerprint density at radius 1 is 1.00 bits per heavy atom. The number of rotatable bonds is 5. The van der Waals surface area contributed by atoms with E-state index in [0.29, 0.717) is 12.3 Å². The summed E-state index contributed by atoms with van der Waals surface area (Å²) < 4.78 is 18.5. The number of nitrogens with one attached hydrogen (secondary N) is 1. The van der Waals surface area contributed by atoms with E-state index >= 15 is 0 Å². The molecule has 3 rings (SSSR count). The summed E-state index contributed by atoms with van der Waals surface area (Å²) in [4.78, 5) is 14.2. The molecule has 0 saturated carbocycles. The first-order valence-electron chi connectivity index (χ1n) is 7.93. The monoisotopic (exact) mass is 338 g/mol. The first-order valence-corrected chi connectivity index (χ1v) is 7.93. The molecule has 5 heteroatoms. The number of anilines is 1. The second-order valence-electron chi connectivity index (χ2n) is 5.91. The fourth-order valence-corrected chi connectivity index (χ4v) is 2.41. The maximum Gasteiger partial charge on any atom is 0.287 e. The maximum atomic E-state index is 13.0. The first kappa shape index (κ1) is 16.8. The largest absolute Gasteiger partial charge is 0.451 e. The molecule has 2 aromatic carbocycles. The molecule has 0 atom stereocenters. The highest BCUT2D eigenvalue weighted by atomic mass is 19.1. The number of amides is 1. The predicted molar refractivity (Wildman–Crippen MR) is 96.0 cm³/mol. The van der Waals surface area contributed by atoms with E-state index in [1.807, 2.05) is 43.3 Å². The first-order chi connectivity index (χ1) is 12.0. The van der Waals surface area contributed by atoms with Crippen molar-refractivity contribution in [2.45, 2.75) is 6.54 Å². The van der Waals surface area contributed by atoms with Crippen LogP contribution in [0.3, 0.4) is 0 Å². The van der Waals surface area contributed by atoms with Crippen LogP contribution in [0.15, 0.2) is 65.1 Å². The lowest BCUT2D eigenvalue weighted by Gasteiger charge is -2.12. The Labute approximate surface area is 145 Å². The van der Waals surface area contributed by atoms with Gasteiger partial charge < -0.3 is 14.6 Å². The zero-order valence-corrected chi connectivity index (χ0v) is 14.1. The molecule has 0 unspecified atom stereocenters. The van der Waals surface area contributed by atoms with Gasteiger partial charge in [-0.2, -0.15) is 0 Å². The highest BCUT2D eigenvalue weighted by Crippen LogP contribution is 2.22. The second-order valence-corrected chi connectivity index (χ2v) is 5.91. The molecule has 1 heterocycles. The van der Waals surface area contributed by atoms with Gasteiger partial charge in [-0.15, -0.1) is 0 Å². The van der Waals surface area contributed by atoms with E-state index in [4.69, 9.17) is 4.42 Å². The van der Waals surface area contributed by atoms with Crippen LogP contribution in [0, 0.1) is 5.82 Å². The van der Waals surface area contributed by atoms with Gasteiger partial charge in [-0.05, 0) is 54.1 Å². The van der Waals surface area contributed by atoms with E-state index in [0.717, 1.165) is 16.8 Å². The molecular formula is C20H19FN2O2. The van der Waals surface area contributed by atoms with E-state index in [1.165, 1.54) is 12.1 Å². The predicted octanol–water partition coefficient (Wildman–Crippen LogP) is 4.08. The van der Waals surface area contributed by atoms with Crippen molar-refractivity contribution in [3.05, 3.63) is 77.8 Å². The molecule has 3 aromatic rings. The van der Waals surface area contributed by atoms with Gasteiger partial charge in [0.2, 0.25) is 0 Å². The third-order valence-corrected chi connectivity index (χ3v) is 3.86. The zero-order chi connectivity index (χ0) is 17.8. The van der Waals surface area contributed by atoms with Crippen molar-refractivity contribution in [1.29, 1.82) is 0 Å². The summed E-state index contributed by atoms with van der Waals surface area (Å²) in [5.41, 5.74) is 2.83. The smallest absolute Gasteiger partial charge is 0.287 e. The Kier molecular flexibility index (Phi) is 4.84. The molecule has 0 aliphatic carbocycles. The van der Waals surface area contributed by atoms with Gasteiger partial charge in [-0.25, -0.2) is 4.39 Å². The van der Waals surface area contributed by atoms with E-state index in [1.54, 1.807) is 24.3 Å². The summed E-state index contributed by atoms with van der Waals surface area (Å²) in [6.45, 7) is 0.416. The van der Waals surface area contributed by atoms with Crippen LogP contribution >= 0.6 is 0 Å². The topological polar surface area (TPSA) is 45.5 Å². The average Bonchev–Trinajstić information content (AvgIpc) is 3.11. The summed E-state index contributed by atoms with van der Waals surface area (Å²) in [6, 6.07) is 17.2. The van der Waals surface area contributed by atoms with Crippen molar-refractivity contribution in [3.8, 4) is 11.3 Å². The van der Waals surface area contributed by atoms with Crippen molar-refractivity contribution >= 4 is 11.6 Å².